The predicted octanol–water partition coefficient (Wildman–Crippen LogP) is 2.00. The molecular formula is C15H16F3NO4. The summed E-state index contributed by atoms with van der Waals surface area (Å²) in [5.41, 5.74) is -0.422. The molecule has 5 nitrogen and oxygen atoms in total. The van der Waals surface area contributed by atoms with Crippen LogP contribution < -0.4 is 5.32 Å². The van der Waals surface area contributed by atoms with Crippen molar-refractivity contribution in [1.29, 1.82) is 0 Å². The number of halogens is 3. The number of carbonyl (C=O) groups excluding carboxylic acids is 1. The maximum atomic E-state index is 12.5. The number of amides is 1. The van der Waals surface area contributed by atoms with E-state index in [0.29, 0.717) is 18.6 Å². The van der Waals surface area contributed by atoms with Crippen LogP contribution in [0.25, 0.3) is 0 Å². The van der Waals surface area contributed by atoms with Gasteiger partial charge in [0, 0.05) is 13.0 Å². The molecule has 0 spiro atoms. The fourth-order valence-corrected chi connectivity index (χ4v) is 2.31. The van der Waals surface area contributed by atoms with Gasteiger partial charge < -0.3 is 15.2 Å². The van der Waals surface area contributed by atoms with Crippen molar-refractivity contribution in [3.8, 4) is 0 Å². The number of hydrogen-bond acceptors (Lipinski definition) is 3. The van der Waals surface area contributed by atoms with E-state index in [2.05, 4.69) is 5.32 Å². The molecule has 0 aromatic heterocycles. The summed E-state index contributed by atoms with van der Waals surface area (Å²) in [5.74, 6) is -1.77. The normalized spacial score (nSPS) is 19.3. The predicted molar refractivity (Wildman–Crippen MR) is 73.7 cm³/mol. The van der Waals surface area contributed by atoms with Gasteiger partial charge in [-0.25, -0.2) is 4.79 Å². The van der Waals surface area contributed by atoms with Crippen LogP contribution in [-0.4, -0.2) is 35.7 Å². The van der Waals surface area contributed by atoms with Crippen molar-refractivity contribution in [3.05, 3.63) is 35.4 Å². The Morgan fingerprint density at radius 2 is 1.96 bits per heavy atom. The molecule has 2 rings (SSSR count). The van der Waals surface area contributed by atoms with Crippen molar-refractivity contribution in [2.24, 2.45) is 0 Å². The summed E-state index contributed by atoms with van der Waals surface area (Å²) in [6, 6.07) is 2.96. The molecule has 23 heavy (non-hydrogen) atoms. The molecule has 1 aliphatic heterocycles. The van der Waals surface area contributed by atoms with Gasteiger partial charge in [0.2, 0.25) is 5.91 Å². The van der Waals surface area contributed by atoms with Gasteiger partial charge in [0.15, 0.2) is 0 Å². The highest BCUT2D eigenvalue weighted by Gasteiger charge is 2.31. The number of aliphatic carboxylic acids is 1. The Morgan fingerprint density at radius 1 is 1.30 bits per heavy atom. The van der Waals surface area contributed by atoms with E-state index in [1.807, 2.05) is 0 Å². The summed E-state index contributed by atoms with van der Waals surface area (Å²) < 4.78 is 42.6. The first kappa shape index (κ1) is 17.3. The molecule has 2 N–H and O–H groups in total. The van der Waals surface area contributed by atoms with Crippen LogP contribution in [0.3, 0.4) is 0 Å². The van der Waals surface area contributed by atoms with E-state index in [0.717, 1.165) is 18.6 Å². The summed E-state index contributed by atoms with van der Waals surface area (Å²) in [7, 11) is 0. The van der Waals surface area contributed by atoms with Crippen LogP contribution >= 0.6 is 0 Å². The zero-order chi connectivity index (χ0) is 17.0. The number of rotatable bonds is 5. The molecule has 1 heterocycles. The Hall–Kier alpha value is -2.09. The smallest absolute Gasteiger partial charge is 0.416 e. The molecule has 0 radical (unpaired) electrons. The molecular weight excluding hydrogens is 315 g/mol. The highest BCUT2D eigenvalue weighted by molar-refractivity contribution is 5.86. The van der Waals surface area contributed by atoms with Crippen LogP contribution in [0, 0.1) is 0 Å². The first-order valence-corrected chi connectivity index (χ1v) is 7.08. The van der Waals surface area contributed by atoms with Crippen LogP contribution in [-0.2, 0) is 26.9 Å². The molecule has 2 atom stereocenters. The summed E-state index contributed by atoms with van der Waals surface area (Å²) >= 11 is 0. The van der Waals surface area contributed by atoms with Crippen LogP contribution in [0.15, 0.2) is 24.3 Å². The van der Waals surface area contributed by atoms with E-state index in [-0.39, 0.29) is 6.42 Å². The van der Waals surface area contributed by atoms with Crippen LogP contribution in [0.4, 0.5) is 13.2 Å². The molecule has 1 aromatic carbocycles. The number of ether oxygens (including phenoxy) is 1. The fraction of sp³-hybridized carbons (Fsp3) is 0.467. The van der Waals surface area contributed by atoms with Crippen molar-refractivity contribution in [2.75, 3.05) is 6.61 Å². The minimum Gasteiger partial charge on any atom is -0.480 e. The SMILES string of the molecule is O=C(O)[C@@H](Cc1ccc(C(F)(F)F)cc1)NC(=O)[C@H]1CCCO1. The van der Waals surface area contributed by atoms with Gasteiger partial charge in [0.05, 0.1) is 5.56 Å². The number of benzene rings is 1. The molecule has 1 fully saturated rings. The van der Waals surface area contributed by atoms with Gasteiger partial charge in [-0.3, -0.25) is 4.79 Å². The minimum atomic E-state index is -4.45. The van der Waals surface area contributed by atoms with Crippen molar-refractivity contribution < 1.29 is 32.6 Å². The van der Waals surface area contributed by atoms with Gasteiger partial charge in [-0.1, -0.05) is 12.1 Å². The lowest BCUT2D eigenvalue weighted by Gasteiger charge is -2.17. The van der Waals surface area contributed by atoms with E-state index in [1.165, 1.54) is 12.1 Å². The maximum absolute atomic E-state index is 12.5. The second-order valence-electron chi connectivity index (χ2n) is 5.30. The molecule has 0 saturated carbocycles. The van der Waals surface area contributed by atoms with Gasteiger partial charge in [-0.05, 0) is 30.5 Å². The van der Waals surface area contributed by atoms with E-state index in [9.17, 15) is 27.9 Å². The molecule has 1 saturated heterocycles. The number of alkyl halides is 3. The lowest BCUT2D eigenvalue weighted by atomic mass is 10.0. The molecule has 1 amide bonds. The Morgan fingerprint density at radius 3 is 2.43 bits per heavy atom. The van der Waals surface area contributed by atoms with Crippen molar-refractivity contribution in [2.45, 2.75) is 37.6 Å². The Balaban J connectivity index is 2.01. The molecule has 1 aromatic rings. The lowest BCUT2D eigenvalue weighted by Crippen LogP contribution is -2.46. The average molecular weight is 331 g/mol. The standard InChI is InChI=1S/C15H16F3NO4/c16-15(17,18)10-5-3-9(4-6-10)8-11(14(21)22)19-13(20)12-2-1-7-23-12/h3-6,11-12H,1-2,7-8H2,(H,19,20)(H,21,22)/t11-,12-/m1/s1. The monoisotopic (exact) mass is 331 g/mol. The molecule has 0 bridgehead atoms. The summed E-state index contributed by atoms with van der Waals surface area (Å²) in [5, 5.41) is 11.5. The third-order valence-electron chi connectivity index (χ3n) is 3.56. The number of carboxylic acids is 1. The summed E-state index contributed by atoms with van der Waals surface area (Å²) in [6.07, 6.45) is -3.96. The fourth-order valence-electron chi connectivity index (χ4n) is 2.31. The second kappa shape index (κ2) is 6.99. The number of hydrogen-bond donors (Lipinski definition) is 2. The highest BCUT2D eigenvalue weighted by Crippen LogP contribution is 2.29. The van der Waals surface area contributed by atoms with Gasteiger partial charge in [0.1, 0.15) is 12.1 Å². The number of nitrogens with one attached hydrogen (secondary N) is 1. The quantitative estimate of drug-likeness (QED) is 0.865. The first-order chi connectivity index (χ1) is 10.8. The van der Waals surface area contributed by atoms with Crippen LogP contribution in [0.1, 0.15) is 24.0 Å². The third kappa shape index (κ3) is 4.69. The van der Waals surface area contributed by atoms with Gasteiger partial charge >= 0.3 is 12.1 Å². The highest BCUT2D eigenvalue weighted by atomic mass is 19.4. The molecule has 0 aliphatic carbocycles. The van der Waals surface area contributed by atoms with Crippen LogP contribution in [0.2, 0.25) is 0 Å². The van der Waals surface area contributed by atoms with E-state index in [1.54, 1.807) is 0 Å². The summed E-state index contributed by atoms with van der Waals surface area (Å²) in [6.45, 7) is 0.453. The van der Waals surface area contributed by atoms with E-state index in [4.69, 9.17) is 4.74 Å². The largest absolute Gasteiger partial charge is 0.480 e. The third-order valence-corrected chi connectivity index (χ3v) is 3.56. The summed E-state index contributed by atoms with van der Waals surface area (Å²) in [4.78, 5) is 23.1. The Bertz CT molecular complexity index is 565. The van der Waals surface area contributed by atoms with Crippen LogP contribution in [0.5, 0.6) is 0 Å². The maximum Gasteiger partial charge on any atom is 0.416 e. The Labute approximate surface area is 130 Å². The zero-order valence-corrected chi connectivity index (χ0v) is 12.1. The Kier molecular flexibility index (Phi) is 5.25. The lowest BCUT2D eigenvalue weighted by molar-refractivity contribution is -0.143. The molecule has 126 valence electrons. The molecule has 1 aliphatic rings. The van der Waals surface area contributed by atoms with Gasteiger partial charge in [-0.2, -0.15) is 13.2 Å². The van der Waals surface area contributed by atoms with Crippen molar-refractivity contribution >= 4 is 11.9 Å². The van der Waals surface area contributed by atoms with Gasteiger partial charge in [0.25, 0.3) is 0 Å². The van der Waals surface area contributed by atoms with Crippen molar-refractivity contribution in [3.63, 3.8) is 0 Å². The van der Waals surface area contributed by atoms with E-state index < -0.39 is 35.8 Å². The number of carbonyl (C=O) groups is 2. The second-order valence-corrected chi connectivity index (χ2v) is 5.30. The average Bonchev–Trinajstić information content (AvgIpc) is 3.00. The van der Waals surface area contributed by atoms with E-state index >= 15 is 0 Å². The first-order valence-electron chi connectivity index (χ1n) is 7.08. The topological polar surface area (TPSA) is 75.6 Å². The number of carboxylic acid groups (broad SMARTS) is 1. The zero-order valence-electron chi connectivity index (χ0n) is 12.1. The molecule has 0 unspecified atom stereocenters. The van der Waals surface area contributed by atoms with Gasteiger partial charge in [-0.15, -0.1) is 0 Å². The van der Waals surface area contributed by atoms with Crippen molar-refractivity contribution in [1.82, 2.24) is 5.32 Å². The minimum absolute atomic E-state index is 0.105. The molecule has 8 heteroatoms.